The fourth-order valence-electron chi connectivity index (χ4n) is 3.31. The number of hydrogen-bond donors (Lipinski definition) is 0. The van der Waals surface area contributed by atoms with Crippen molar-refractivity contribution in [2.24, 2.45) is 0 Å². The highest BCUT2D eigenvalue weighted by Gasteiger charge is 2.27. The molecule has 4 rings (SSSR count). The topological polar surface area (TPSA) is 42.4 Å². The molecule has 2 heterocycles. The van der Waals surface area contributed by atoms with Crippen LogP contribution in [0.1, 0.15) is 35.7 Å². The molecule has 27 heavy (non-hydrogen) atoms. The Morgan fingerprint density at radius 3 is 2.96 bits per heavy atom. The van der Waals surface area contributed by atoms with Gasteiger partial charge in [-0.15, -0.1) is 0 Å². The predicted molar refractivity (Wildman–Crippen MR) is 106 cm³/mol. The van der Waals surface area contributed by atoms with Crippen LogP contribution in [0.2, 0.25) is 0 Å². The normalized spacial score (nSPS) is 16.7. The summed E-state index contributed by atoms with van der Waals surface area (Å²) in [6, 6.07) is 12.0. The van der Waals surface area contributed by atoms with Gasteiger partial charge in [0.1, 0.15) is 5.82 Å². The Bertz CT molecular complexity index is 966. The minimum Gasteiger partial charge on any atom is -0.376 e. The maximum atomic E-state index is 13.6. The van der Waals surface area contributed by atoms with E-state index in [4.69, 9.17) is 4.74 Å². The smallest absolute Gasteiger partial charge is 0.260 e. The number of rotatable bonds is 5. The molecule has 3 aromatic rings. The standard InChI is InChI=1S/C21H21FN2O2S/c1-2-14-8-9-18-19(11-14)27-21(23-18)24(13-17-7-4-10-26-17)20(25)15-5-3-6-16(22)12-15/h3,5-6,8-9,11-12,17H,2,4,7,10,13H2,1H3. The third-order valence-corrected chi connectivity index (χ3v) is 5.85. The molecule has 1 unspecified atom stereocenters. The Balaban J connectivity index is 1.71. The lowest BCUT2D eigenvalue weighted by Crippen LogP contribution is -2.37. The number of aryl methyl sites for hydroxylation is 1. The molecule has 0 radical (unpaired) electrons. The lowest BCUT2D eigenvalue weighted by molar-refractivity contribution is 0.0917. The van der Waals surface area contributed by atoms with E-state index in [1.165, 1.54) is 29.0 Å². The molecular weight excluding hydrogens is 363 g/mol. The first-order chi connectivity index (χ1) is 13.1. The number of carbonyl (C=O) groups is 1. The van der Waals surface area contributed by atoms with E-state index < -0.39 is 5.82 Å². The second-order valence-electron chi connectivity index (χ2n) is 6.71. The summed E-state index contributed by atoms with van der Waals surface area (Å²) in [7, 11) is 0. The molecule has 1 aliphatic heterocycles. The highest BCUT2D eigenvalue weighted by molar-refractivity contribution is 7.22. The van der Waals surface area contributed by atoms with Crippen molar-refractivity contribution < 1.29 is 13.9 Å². The second-order valence-corrected chi connectivity index (χ2v) is 7.72. The van der Waals surface area contributed by atoms with E-state index in [2.05, 4.69) is 24.0 Å². The molecule has 1 atom stereocenters. The molecule has 0 bridgehead atoms. The molecule has 1 amide bonds. The molecule has 1 fully saturated rings. The molecular formula is C21H21FN2O2S. The Hall–Kier alpha value is -2.31. The van der Waals surface area contributed by atoms with Gasteiger partial charge in [0.25, 0.3) is 5.91 Å². The molecule has 1 aromatic heterocycles. The monoisotopic (exact) mass is 384 g/mol. The summed E-state index contributed by atoms with van der Waals surface area (Å²) in [6.45, 7) is 3.25. The number of thiazole rings is 1. The number of hydrogen-bond acceptors (Lipinski definition) is 4. The number of amides is 1. The third kappa shape index (κ3) is 3.87. The lowest BCUT2D eigenvalue weighted by Gasteiger charge is -2.23. The van der Waals surface area contributed by atoms with Crippen LogP contribution in [0.5, 0.6) is 0 Å². The summed E-state index contributed by atoms with van der Waals surface area (Å²) >= 11 is 1.49. The first-order valence-corrected chi connectivity index (χ1v) is 10.0. The van der Waals surface area contributed by atoms with E-state index in [1.54, 1.807) is 17.0 Å². The number of nitrogens with zero attached hydrogens (tertiary/aromatic N) is 2. The summed E-state index contributed by atoms with van der Waals surface area (Å²) in [5, 5.41) is 0.628. The van der Waals surface area contributed by atoms with Crippen LogP contribution in [0.15, 0.2) is 42.5 Å². The number of ether oxygens (including phenoxy) is 1. The lowest BCUT2D eigenvalue weighted by atomic mass is 10.1. The zero-order valence-electron chi connectivity index (χ0n) is 15.2. The van der Waals surface area contributed by atoms with Crippen LogP contribution in [-0.4, -0.2) is 30.1 Å². The Labute approximate surface area is 161 Å². The van der Waals surface area contributed by atoms with Gasteiger partial charge in [-0.1, -0.05) is 30.4 Å². The van der Waals surface area contributed by atoms with Gasteiger partial charge in [0.2, 0.25) is 0 Å². The van der Waals surface area contributed by atoms with E-state index in [1.807, 2.05) is 6.07 Å². The molecule has 2 aromatic carbocycles. The van der Waals surface area contributed by atoms with Crippen molar-refractivity contribution in [3.05, 3.63) is 59.4 Å². The first-order valence-electron chi connectivity index (χ1n) is 9.22. The van der Waals surface area contributed by atoms with E-state index in [-0.39, 0.29) is 12.0 Å². The Kier molecular flexibility index (Phi) is 5.18. The van der Waals surface area contributed by atoms with Gasteiger partial charge in [0.05, 0.1) is 22.9 Å². The molecule has 1 saturated heterocycles. The van der Waals surface area contributed by atoms with Crippen LogP contribution >= 0.6 is 11.3 Å². The minimum atomic E-state index is -0.421. The van der Waals surface area contributed by atoms with Crippen LogP contribution in [0.3, 0.4) is 0 Å². The van der Waals surface area contributed by atoms with Crippen molar-refractivity contribution in [1.82, 2.24) is 4.98 Å². The molecule has 0 saturated carbocycles. The summed E-state index contributed by atoms with van der Waals surface area (Å²) in [4.78, 5) is 19.5. The SMILES string of the molecule is CCc1ccc2nc(N(CC3CCCO3)C(=O)c3cccc(F)c3)sc2c1. The number of fused-ring (bicyclic) bond motifs is 1. The highest BCUT2D eigenvalue weighted by Crippen LogP contribution is 2.31. The van der Waals surface area contributed by atoms with E-state index in [0.29, 0.717) is 23.8 Å². The van der Waals surface area contributed by atoms with Crippen LogP contribution < -0.4 is 4.90 Å². The molecule has 0 N–H and O–H groups in total. The fraction of sp³-hybridized carbons (Fsp3) is 0.333. The number of halogens is 1. The van der Waals surface area contributed by atoms with Crippen LogP contribution in [0.4, 0.5) is 9.52 Å². The Morgan fingerprint density at radius 1 is 1.33 bits per heavy atom. The van der Waals surface area contributed by atoms with Gasteiger partial charge in [0, 0.05) is 12.2 Å². The number of benzene rings is 2. The number of aromatic nitrogens is 1. The van der Waals surface area contributed by atoms with Gasteiger partial charge >= 0.3 is 0 Å². The Morgan fingerprint density at radius 2 is 2.22 bits per heavy atom. The van der Waals surface area contributed by atoms with Crippen molar-refractivity contribution in [3.63, 3.8) is 0 Å². The van der Waals surface area contributed by atoms with Crippen LogP contribution in [0, 0.1) is 5.82 Å². The van der Waals surface area contributed by atoms with Gasteiger partial charge in [-0.3, -0.25) is 9.69 Å². The largest absolute Gasteiger partial charge is 0.376 e. The van der Waals surface area contributed by atoms with Crippen molar-refractivity contribution in [3.8, 4) is 0 Å². The minimum absolute atomic E-state index is 0.0132. The molecule has 0 spiro atoms. The first kappa shape index (κ1) is 18.1. The average molecular weight is 384 g/mol. The maximum Gasteiger partial charge on any atom is 0.260 e. The van der Waals surface area contributed by atoms with E-state index >= 15 is 0 Å². The van der Waals surface area contributed by atoms with E-state index in [0.717, 1.165) is 29.5 Å². The number of carbonyl (C=O) groups excluding carboxylic acids is 1. The molecule has 4 nitrogen and oxygen atoms in total. The van der Waals surface area contributed by atoms with Gasteiger partial charge in [-0.25, -0.2) is 9.37 Å². The van der Waals surface area contributed by atoms with Crippen molar-refractivity contribution >= 4 is 32.6 Å². The molecule has 0 aliphatic carbocycles. The maximum absolute atomic E-state index is 13.6. The van der Waals surface area contributed by atoms with Gasteiger partial charge in [-0.2, -0.15) is 0 Å². The van der Waals surface area contributed by atoms with Crippen molar-refractivity contribution in [2.75, 3.05) is 18.1 Å². The van der Waals surface area contributed by atoms with Crippen molar-refractivity contribution in [1.29, 1.82) is 0 Å². The van der Waals surface area contributed by atoms with Gasteiger partial charge < -0.3 is 4.74 Å². The highest BCUT2D eigenvalue weighted by atomic mass is 32.1. The van der Waals surface area contributed by atoms with Crippen molar-refractivity contribution in [2.45, 2.75) is 32.3 Å². The average Bonchev–Trinajstić information content (AvgIpc) is 3.34. The van der Waals surface area contributed by atoms with E-state index in [9.17, 15) is 9.18 Å². The van der Waals surface area contributed by atoms with Gasteiger partial charge in [0.15, 0.2) is 5.13 Å². The quantitative estimate of drug-likeness (QED) is 0.633. The summed E-state index contributed by atoms with van der Waals surface area (Å²) in [6.07, 6.45) is 2.84. The summed E-state index contributed by atoms with van der Waals surface area (Å²) < 4.78 is 20.4. The number of anilines is 1. The zero-order valence-corrected chi connectivity index (χ0v) is 16.0. The van der Waals surface area contributed by atoms with Crippen LogP contribution in [0.25, 0.3) is 10.2 Å². The molecule has 6 heteroatoms. The summed E-state index contributed by atoms with van der Waals surface area (Å²) in [5.41, 5.74) is 2.43. The van der Waals surface area contributed by atoms with Crippen LogP contribution in [-0.2, 0) is 11.2 Å². The summed E-state index contributed by atoms with van der Waals surface area (Å²) in [5.74, 6) is -0.672. The third-order valence-electron chi connectivity index (χ3n) is 4.81. The fourth-order valence-corrected chi connectivity index (χ4v) is 4.35. The predicted octanol–water partition coefficient (Wildman–Crippen LogP) is 4.82. The molecule has 140 valence electrons. The molecule has 1 aliphatic rings. The van der Waals surface area contributed by atoms with Gasteiger partial charge in [-0.05, 0) is 55.2 Å². The second kappa shape index (κ2) is 7.74. The zero-order chi connectivity index (χ0) is 18.8.